The van der Waals surface area contributed by atoms with Crippen LogP contribution in [0, 0.1) is 5.82 Å². The van der Waals surface area contributed by atoms with Gasteiger partial charge in [0, 0.05) is 23.7 Å². The molecule has 1 aliphatic heterocycles. The van der Waals surface area contributed by atoms with E-state index in [2.05, 4.69) is 10.7 Å². The summed E-state index contributed by atoms with van der Waals surface area (Å²) in [7, 11) is 0. The molecule has 12 heteroatoms. The van der Waals surface area contributed by atoms with E-state index in [1.807, 2.05) is 0 Å². The standard InChI is InChI=1S/C23H23F4N5O3/c24-20-13(4-3-6-16(20)23(25,26)27)10-29-18(33)11-31(14-8-9-14)19(34)12-32-17-7-2-1-5-15(17)21(30-32)22(28)35/h1-7,14,21,30H,8-12H2,(H2,28,35)(H,29,33). The number of amides is 3. The van der Waals surface area contributed by atoms with Gasteiger partial charge in [0.05, 0.1) is 17.8 Å². The summed E-state index contributed by atoms with van der Waals surface area (Å²) in [6, 6.07) is 8.85. The molecule has 8 nitrogen and oxygen atoms in total. The monoisotopic (exact) mass is 493 g/mol. The highest BCUT2D eigenvalue weighted by Gasteiger charge is 2.38. The maximum absolute atomic E-state index is 14.2. The Bertz CT molecular complexity index is 1150. The Morgan fingerprint density at radius 3 is 2.49 bits per heavy atom. The quantitative estimate of drug-likeness (QED) is 0.488. The van der Waals surface area contributed by atoms with Crippen LogP contribution in [0.4, 0.5) is 23.2 Å². The molecule has 0 aromatic heterocycles. The predicted molar refractivity (Wildman–Crippen MR) is 117 cm³/mol. The summed E-state index contributed by atoms with van der Waals surface area (Å²) in [4.78, 5) is 38.7. The van der Waals surface area contributed by atoms with Crippen LogP contribution in [0.3, 0.4) is 0 Å². The molecule has 35 heavy (non-hydrogen) atoms. The molecule has 2 aromatic carbocycles. The second kappa shape index (κ2) is 9.53. The Morgan fingerprint density at radius 1 is 1.11 bits per heavy atom. The Hall–Kier alpha value is -3.67. The third kappa shape index (κ3) is 5.37. The summed E-state index contributed by atoms with van der Waals surface area (Å²) in [6.45, 7) is -0.964. The number of nitrogens with one attached hydrogen (secondary N) is 2. The average molecular weight is 493 g/mol. The van der Waals surface area contributed by atoms with Crippen LogP contribution in [0.15, 0.2) is 42.5 Å². The van der Waals surface area contributed by atoms with Gasteiger partial charge in [0.1, 0.15) is 18.4 Å². The number of nitrogens with two attached hydrogens (primary N) is 1. The summed E-state index contributed by atoms with van der Waals surface area (Å²) < 4.78 is 52.9. The first-order chi connectivity index (χ1) is 16.6. The molecular weight excluding hydrogens is 470 g/mol. The van der Waals surface area contributed by atoms with Crippen molar-refractivity contribution in [2.45, 2.75) is 37.6 Å². The second-order valence-corrected chi connectivity index (χ2v) is 8.42. The number of carbonyl (C=O) groups excluding carboxylic acids is 3. The molecule has 1 fully saturated rings. The number of halogens is 4. The molecule has 0 spiro atoms. The molecule has 1 atom stereocenters. The van der Waals surface area contributed by atoms with Crippen molar-refractivity contribution in [3.05, 3.63) is 65.0 Å². The maximum Gasteiger partial charge on any atom is 0.419 e. The van der Waals surface area contributed by atoms with E-state index >= 15 is 0 Å². The molecule has 4 rings (SSSR count). The fourth-order valence-corrected chi connectivity index (χ4v) is 3.99. The summed E-state index contributed by atoms with van der Waals surface area (Å²) in [5.41, 5.74) is 7.87. The first kappa shape index (κ1) is 24.5. The van der Waals surface area contributed by atoms with E-state index in [4.69, 9.17) is 5.73 Å². The number of benzene rings is 2. The van der Waals surface area contributed by atoms with Gasteiger partial charge in [0.15, 0.2) is 0 Å². The lowest BCUT2D eigenvalue weighted by Gasteiger charge is -2.26. The third-order valence-corrected chi connectivity index (χ3v) is 5.88. The zero-order chi connectivity index (χ0) is 25.3. The zero-order valence-electron chi connectivity index (χ0n) is 18.4. The highest BCUT2D eigenvalue weighted by molar-refractivity contribution is 5.90. The minimum atomic E-state index is -4.85. The van der Waals surface area contributed by atoms with Gasteiger partial charge in [0.25, 0.3) is 0 Å². The van der Waals surface area contributed by atoms with E-state index in [0.717, 1.165) is 12.1 Å². The van der Waals surface area contributed by atoms with Crippen molar-refractivity contribution >= 4 is 23.4 Å². The van der Waals surface area contributed by atoms with Crippen LogP contribution in [0.1, 0.15) is 35.6 Å². The van der Waals surface area contributed by atoms with Crippen LogP contribution < -0.4 is 21.5 Å². The lowest BCUT2D eigenvalue weighted by Crippen LogP contribution is -2.49. The number of fused-ring (bicyclic) bond motifs is 1. The van der Waals surface area contributed by atoms with Crippen molar-refractivity contribution in [3.63, 3.8) is 0 Å². The summed E-state index contributed by atoms with van der Waals surface area (Å²) in [5, 5.41) is 3.89. The van der Waals surface area contributed by atoms with Crippen LogP contribution in [-0.4, -0.2) is 41.8 Å². The van der Waals surface area contributed by atoms with Gasteiger partial charge in [-0.3, -0.25) is 19.4 Å². The number of hydrogen-bond donors (Lipinski definition) is 3. The van der Waals surface area contributed by atoms with E-state index in [1.54, 1.807) is 24.3 Å². The zero-order valence-corrected chi connectivity index (χ0v) is 18.4. The number of carbonyl (C=O) groups is 3. The molecule has 0 radical (unpaired) electrons. The van der Waals surface area contributed by atoms with Crippen LogP contribution in [0.2, 0.25) is 0 Å². The van der Waals surface area contributed by atoms with E-state index in [9.17, 15) is 31.9 Å². The SMILES string of the molecule is NC(=O)C1NN(CC(=O)N(CC(=O)NCc2cccc(C(F)(F)F)c2F)C2CC2)c2ccccc21. The molecule has 3 amide bonds. The van der Waals surface area contributed by atoms with Gasteiger partial charge in [-0.1, -0.05) is 30.3 Å². The van der Waals surface area contributed by atoms with E-state index < -0.39 is 42.0 Å². The second-order valence-electron chi connectivity index (χ2n) is 8.42. The Balaban J connectivity index is 1.39. The van der Waals surface area contributed by atoms with Crippen molar-refractivity contribution in [2.75, 3.05) is 18.1 Å². The van der Waals surface area contributed by atoms with Gasteiger partial charge < -0.3 is 16.0 Å². The van der Waals surface area contributed by atoms with Crippen molar-refractivity contribution < 1.29 is 31.9 Å². The Labute approximate surface area is 198 Å². The topological polar surface area (TPSA) is 108 Å². The minimum Gasteiger partial charge on any atom is -0.368 e. The Kier molecular flexibility index (Phi) is 6.66. The van der Waals surface area contributed by atoms with Gasteiger partial charge in [-0.2, -0.15) is 13.2 Å². The van der Waals surface area contributed by atoms with Gasteiger partial charge in [-0.25, -0.2) is 9.82 Å². The minimum absolute atomic E-state index is 0.150. The predicted octanol–water partition coefficient (Wildman–Crippen LogP) is 2.00. The largest absolute Gasteiger partial charge is 0.419 e. The van der Waals surface area contributed by atoms with E-state index in [1.165, 1.54) is 9.91 Å². The molecular formula is C23H23F4N5O3. The van der Waals surface area contributed by atoms with Crippen LogP contribution in [-0.2, 0) is 27.1 Å². The number of para-hydroxylation sites is 1. The molecule has 2 aromatic rings. The first-order valence-electron chi connectivity index (χ1n) is 10.9. The van der Waals surface area contributed by atoms with Crippen LogP contribution in [0.25, 0.3) is 0 Å². The molecule has 2 aliphatic rings. The van der Waals surface area contributed by atoms with Gasteiger partial charge in [-0.05, 0) is 25.0 Å². The molecule has 1 unspecified atom stereocenters. The number of alkyl halides is 3. The highest BCUT2D eigenvalue weighted by Crippen LogP contribution is 2.34. The van der Waals surface area contributed by atoms with Gasteiger partial charge >= 0.3 is 6.18 Å². The summed E-state index contributed by atoms with van der Waals surface area (Å²) in [5.74, 6) is -3.07. The number of anilines is 1. The molecule has 1 aliphatic carbocycles. The molecule has 0 bridgehead atoms. The number of rotatable bonds is 8. The number of hydrogen-bond acceptors (Lipinski definition) is 5. The molecule has 1 saturated carbocycles. The van der Waals surface area contributed by atoms with Crippen molar-refractivity contribution in [1.82, 2.24) is 15.6 Å². The van der Waals surface area contributed by atoms with Gasteiger partial charge in [0.2, 0.25) is 17.7 Å². The molecule has 186 valence electrons. The van der Waals surface area contributed by atoms with Crippen LogP contribution >= 0.6 is 0 Å². The lowest BCUT2D eigenvalue weighted by atomic mass is 10.1. The number of hydrazine groups is 1. The number of nitrogens with zero attached hydrogens (tertiary/aromatic N) is 2. The highest BCUT2D eigenvalue weighted by atomic mass is 19.4. The van der Waals surface area contributed by atoms with E-state index in [-0.39, 0.29) is 30.6 Å². The average Bonchev–Trinajstić information content (AvgIpc) is 3.57. The Morgan fingerprint density at radius 2 is 1.83 bits per heavy atom. The fourth-order valence-electron chi connectivity index (χ4n) is 3.99. The maximum atomic E-state index is 14.2. The van der Waals surface area contributed by atoms with Crippen molar-refractivity contribution in [1.29, 1.82) is 0 Å². The summed E-state index contributed by atoms with van der Waals surface area (Å²) in [6.07, 6.45) is -3.44. The van der Waals surface area contributed by atoms with E-state index in [0.29, 0.717) is 30.2 Å². The summed E-state index contributed by atoms with van der Waals surface area (Å²) >= 11 is 0. The molecule has 1 heterocycles. The lowest BCUT2D eigenvalue weighted by molar-refractivity contribution is -0.140. The smallest absolute Gasteiger partial charge is 0.368 e. The van der Waals surface area contributed by atoms with Crippen LogP contribution in [0.5, 0.6) is 0 Å². The fraction of sp³-hybridized carbons (Fsp3) is 0.348. The number of primary amides is 1. The first-order valence-corrected chi connectivity index (χ1v) is 10.9. The third-order valence-electron chi connectivity index (χ3n) is 5.88. The van der Waals surface area contributed by atoms with Gasteiger partial charge in [-0.15, -0.1) is 0 Å². The molecule has 4 N–H and O–H groups in total. The molecule has 0 saturated heterocycles. The normalized spacial score (nSPS) is 17.1. The van der Waals surface area contributed by atoms with Crippen molar-refractivity contribution in [3.8, 4) is 0 Å². The van der Waals surface area contributed by atoms with Crippen molar-refractivity contribution in [2.24, 2.45) is 5.73 Å².